The van der Waals surface area contributed by atoms with Gasteiger partial charge in [-0.1, -0.05) is 58.2 Å². The summed E-state index contributed by atoms with van der Waals surface area (Å²) in [6.45, 7) is 23.0. The van der Waals surface area contributed by atoms with Crippen LogP contribution in [0.3, 0.4) is 0 Å². The van der Waals surface area contributed by atoms with E-state index in [-0.39, 0.29) is 77.4 Å². The summed E-state index contributed by atoms with van der Waals surface area (Å²) in [6.07, 6.45) is -8.88. The standard InChI is InChI=1S/C53H89N5O18S/c1-16-23-69-49(63)56(20-21-57(50(64)70-24-17-2)30-39-54-19-26-77-39)22-25-71-55-41-31(4)28-51(10,65)46(76-48-42(59)37(58(13,14)67)27-32(5)72-48)34(7)43(75-40-29-52(11,68-15)45(61)36(9)73-40)35(8)47(62)74-38(18-3)53(12,66)44(60)33(41)6/h16-17,19,26,31-38,40,42-46,48,59-61,65-66H,1-2,18,20-25,27-30H2,3-15H3/b55-41+/t31-,32-,33+,34+,35-,36+,37?,38-,40+,42+,43+,44+,45+,46+,48+,51?,52-,53-/m1/s1. The first kappa shape index (κ1) is 65.6. The average Bonchev–Trinajstić information content (AvgIpc) is 3.89. The van der Waals surface area contributed by atoms with Gasteiger partial charge in [0.25, 0.3) is 0 Å². The van der Waals surface area contributed by atoms with Gasteiger partial charge >= 0.3 is 18.2 Å². The van der Waals surface area contributed by atoms with E-state index in [4.69, 9.17) is 42.7 Å². The Hall–Kier alpha value is -3.89. The molecule has 0 radical (unpaired) electrons. The molecule has 0 aliphatic carbocycles. The zero-order valence-electron chi connectivity index (χ0n) is 47.3. The minimum absolute atomic E-state index is 0.00588. The molecule has 2 unspecified atom stereocenters. The summed E-state index contributed by atoms with van der Waals surface area (Å²) >= 11 is 1.34. The van der Waals surface area contributed by atoms with E-state index in [0.29, 0.717) is 5.01 Å². The van der Waals surface area contributed by atoms with Gasteiger partial charge in [0.2, 0.25) is 0 Å². The molecule has 18 atom stereocenters. The van der Waals surface area contributed by atoms with Gasteiger partial charge in [0.1, 0.15) is 48.7 Å². The van der Waals surface area contributed by atoms with E-state index in [2.05, 4.69) is 23.3 Å². The molecule has 1 aromatic rings. The highest BCUT2D eigenvalue weighted by atomic mass is 32.1. The van der Waals surface area contributed by atoms with Crippen molar-refractivity contribution in [2.45, 2.75) is 186 Å². The number of quaternary nitrogens is 1. The second kappa shape index (κ2) is 28.5. The fraction of sp³-hybridized carbons (Fsp3) is 0.792. The third kappa shape index (κ3) is 17.1. The number of aromatic nitrogens is 1. The van der Waals surface area contributed by atoms with Gasteiger partial charge in [-0.25, -0.2) is 14.6 Å². The van der Waals surface area contributed by atoms with Crippen molar-refractivity contribution in [2.75, 3.05) is 60.7 Å². The Morgan fingerprint density at radius 1 is 0.935 bits per heavy atom. The Kier molecular flexibility index (Phi) is 24.3. The molecule has 4 rings (SSSR count). The summed E-state index contributed by atoms with van der Waals surface area (Å²) in [7, 11) is 4.27. The second-order valence-corrected chi connectivity index (χ2v) is 22.9. The minimum atomic E-state index is -2.11. The molecule has 440 valence electrons. The number of aliphatic hydroxyl groups is 5. The maximum absolute atomic E-state index is 14.6. The number of hydrogen-bond acceptors (Lipinski definition) is 21. The van der Waals surface area contributed by atoms with Crippen molar-refractivity contribution in [3.8, 4) is 0 Å². The van der Waals surface area contributed by atoms with E-state index in [1.54, 1.807) is 67.0 Å². The van der Waals surface area contributed by atoms with E-state index < -0.39 is 131 Å². The number of likely N-dealkylation sites (N-methyl/N-ethyl adjacent to an activating group) is 1. The van der Waals surface area contributed by atoms with E-state index in [9.17, 15) is 45.1 Å². The topological polar surface area (TPSA) is 290 Å². The number of carbonyl (C=O) groups is 3. The van der Waals surface area contributed by atoms with Crippen LogP contribution >= 0.6 is 11.3 Å². The number of amides is 2. The smallest absolute Gasteiger partial charge is 0.410 e. The monoisotopic (exact) mass is 1120 g/mol. The molecule has 24 heteroatoms. The molecule has 3 fully saturated rings. The van der Waals surface area contributed by atoms with Crippen molar-refractivity contribution in [1.29, 1.82) is 0 Å². The normalized spacial score (nSPS) is 37.2. The van der Waals surface area contributed by atoms with Crippen LogP contribution in [-0.4, -0.2) is 214 Å². The summed E-state index contributed by atoms with van der Waals surface area (Å²) < 4.78 is 47.6. The number of thiazole rings is 1. The van der Waals surface area contributed by atoms with Crippen LogP contribution in [0.2, 0.25) is 0 Å². The lowest BCUT2D eigenvalue weighted by Crippen LogP contribution is -2.63. The average molecular weight is 1120 g/mol. The zero-order chi connectivity index (χ0) is 57.8. The fourth-order valence-corrected chi connectivity index (χ4v) is 11.3. The Labute approximate surface area is 458 Å². The summed E-state index contributed by atoms with van der Waals surface area (Å²) in [4.78, 5) is 54.1. The number of carbonyl (C=O) groups excluding carboxylic acids is 3. The number of oxime groups is 1. The summed E-state index contributed by atoms with van der Waals surface area (Å²) in [5.74, 6) is -4.88. The third-order valence-corrected chi connectivity index (χ3v) is 16.0. The van der Waals surface area contributed by atoms with Crippen molar-refractivity contribution in [3.05, 3.63) is 47.1 Å². The number of methoxy groups -OCH3 is 1. The molecule has 1 aromatic heterocycles. The molecule has 0 bridgehead atoms. The maximum Gasteiger partial charge on any atom is 0.410 e. The second-order valence-electron chi connectivity index (χ2n) is 22.0. The van der Waals surface area contributed by atoms with Gasteiger partial charge in [0, 0.05) is 62.4 Å². The van der Waals surface area contributed by atoms with Crippen LogP contribution < -0.4 is 0 Å². The first-order valence-electron chi connectivity index (χ1n) is 26.5. The lowest BCUT2D eigenvalue weighted by Gasteiger charge is -2.51. The van der Waals surface area contributed by atoms with Crippen LogP contribution in [0.15, 0.2) is 42.0 Å². The third-order valence-electron chi connectivity index (χ3n) is 15.2. The number of cyclic esters (lactones) is 1. The van der Waals surface area contributed by atoms with Gasteiger partial charge in [0.05, 0.1) is 80.5 Å². The number of hydrogen-bond donors (Lipinski definition) is 5. The SMILES string of the molecule is C=CCOC(=O)N(CCO/N=C1\[C@H](C)CC(C)(O)[C@@H](O[C@@H]2O[C@H](C)CC([N+](C)(C)[O-])[C@@H]2O)[C@@H](C)[C@H](O[C@H]2C[C@@](C)(OC)[C@@H](O)[C@H](C)O2)[C@@H](C)C(=O)O[C@H](CC)[C@@](C)(O)[C@@H](O)[C@H]1C)CCN(Cc1nccs1)C(=O)OCC=C. The number of nitrogens with zero attached hydrogens (tertiary/aromatic N) is 5. The van der Waals surface area contributed by atoms with E-state index in [0.717, 1.165) is 0 Å². The number of aliphatic hydroxyl groups excluding tert-OH is 3. The highest BCUT2D eigenvalue weighted by Crippen LogP contribution is 2.41. The first-order valence-corrected chi connectivity index (χ1v) is 27.4. The fourth-order valence-electron chi connectivity index (χ4n) is 10.7. The van der Waals surface area contributed by atoms with E-state index in [1.165, 1.54) is 68.3 Å². The largest absolute Gasteiger partial charge is 0.633 e. The van der Waals surface area contributed by atoms with Crippen molar-refractivity contribution in [2.24, 2.45) is 28.8 Å². The minimum Gasteiger partial charge on any atom is -0.633 e. The predicted molar refractivity (Wildman–Crippen MR) is 284 cm³/mol. The quantitative estimate of drug-likeness (QED) is 0.0300. The number of rotatable bonds is 20. The number of ether oxygens (including phenoxy) is 8. The summed E-state index contributed by atoms with van der Waals surface area (Å²) in [6, 6.07) is -0.893. The highest BCUT2D eigenvalue weighted by Gasteiger charge is 2.54. The van der Waals surface area contributed by atoms with Gasteiger partial charge in [-0.3, -0.25) is 9.69 Å². The Bertz CT molecular complexity index is 2080. The van der Waals surface area contributed by atoms with Gasteiger partial charge in [-0.05, 0) is 54.4 Å². The molecule has 0 aromatic carbocycles. The Balaban J connectivity index is 1.80. The van der Waals surface area contributed by atoms with Crippen LogP contribution in [-0.2, 0) is 54.1 Å². The predicted octanol–water partition coefficient (Wildman–Crippen LogP) is 4.51. The van der Waals surface area contributed by atoms with Crippen molar-refractivity contribution in [3.63, 3.8) is 0 Å². The molecule has 4 heterocycles. The molecule has 2 amide bonds. The van der Waals surface area contributed by atoms with Gasteiger partial charge in [-0.15, -0.1) is 11.3 Å². The summed E-state index contributed by atoms with van der Waals surface area (Å²) in [5.41, 5.74) is -5.06. The van der Waals surface area contributed by atoms with Crippen molar-refractivity contribution >= 4 is 35.2 Å². The molecule has 77 heavy (non-hydrogen) atoms. The molecule has 3 saturated heterocycles. The maximum atomic E-state index is 14.6. The van der Waals surface area contributed by atoms with E-state index >= 15 is 0 Å². The van der Waals surface area contributed by atoms with Crippen LogP contribution in [0.4, 0.5) is 9.59 Å². The Morgan fingerprint density at radius 3 is 2.13 bits per heavy atom. The molecule has 0 saturated carbocycles. The number of esters is 1. The van der Waals surface area contributed by atoms with Crippen molar-refractivity contribution in [1.82, 2.24) is 14.8 Å². The molecule has 5 N–H and O–H groups in total. The molecule has 3 aliphatic heterocycles. The zero-order valence-corrected chi connectivity index (χ0v) is 48.2. The van der Waals surface area contributed by atoms with E-state index in [1.807, 2.05) is 0 Å². The lowest BCUT2D eigenvalue weighted by atomic mass is 9.73. The van der Waals surface area contributed by atoms with Gasteiger partial charge in [-0.2, -0.15) is 0 Å². The number of hydroxylamine groups is 3. The molecular formula is C53H89N5O18S. The summed E-state index contributed by atoms with van der Waals surface area (Å²) in [5, 5.41) is 80.8. The molecule has 0 spiro atoms. The molecule has 3 aliphatic rings. The van der Waals surface area contributed by atoms with Crippen LogP contribution in [0, 0.1) is 28.9 Å². The Morgan fingerprint density at radius 2 is 1.56 bits per heavy atom. The first-order chi connectivity index (χ1) is 36.0. The van der Waals surface area contributed by atoms with Crippen molar-refractivity contribution < 1.29 is 87.3 Å². The lowest BCUT2D eigenvalue weighted by molar-refractivity contribution is -0.874. The van der Waals surface area contributed by atoms with Gasteiger partial charge in [0.15, 0.2) is 18.7 Å². The van der Waals surface area contributed by atoms with Crippen LogP contribution in [0.1, 0.15) is 99.9 Å². The van der Waals surface area contributed by atoms with Gasteiger partial charge < -0.3 is 83.0 Å². The van der Waals surface area contributed by atoms with Crippen LogP contribution in [0.25, 0.3) is 0 Å². The van der Waals surface area contributed by atoms with Crippen LogP contribution in [0.5, 0.6) is 0 Å². The highest BCUT2D eigenvalue weighted by molar-refractivity contribution is 7.09. The molecule has 23 nitrogen and oxygen atoms in total. The molecular weight excluding hydrogens is 1030 g/mol.